The molecule has 1 aromatic heterocycles. The number of carboxylic acids is 1. The summed E-state index contributed by atoms with van der Waals surface area (Å²) in [5, 5.41) is 90.1. The second-order valence-electron chi connectivity index (χ2n) is 7.62. The molecule has 1 aliphatic heterocycles. The van der Waals surface area contributed by atoms with Gasteiger partial charge in [-0.2, -0.15) is 0 Å². The standard InChI is InChI=1S/C21H18O14.Na/c22-6-3-7(23)11-10(4-6)33-17(5-1-8(24)12(26)9(25)2-5)18(13(11)27)34-21-16(30)14(28)15(29)19(35-21)20(31)32;/h1-4,14-16,19,21-26,28-30H,(H,31,32);/q;+1/p-1/t14-,15-,16+,19-,21+;/m0./s1. The van der Waals surface area contributed by atoms with E-state index in [4.69, 9.17) is 13.9 Å². The minimum Gasteiger partial charge on any atom is -0.872 e. The molecule has 0 spiro atoms. The van der Waals surface area contributed by atoms with E-state index in [0.29, 0.717) is 6.07 Å². The van der Waals surface area contributed by atoms with Crippen molar-refractivity contribution < 1.29 is 94.2 Å². The van der Waals surface area contributed by atoms with Crippen molar-refractivity contribution in [3.05, 3.63) is 34.5 Å². The summed E-state index contributed by atoms with van der Waals surface area (Å²) in [5.74, 6) is -7.38. The molecule has 3 aromatic rings. The fourth-order valence-electron chi connectivity index (χ4n) is 3.56. The van der Waals surface area contributed by atoms with Gasteiger partial charge in [-0.1, -0.05) is 0 Å². The zero-order valence-corrected chi connectivity index (χ0v) is 20.2. The summed E-state index contributed by atoms with van der Waals surface area (Å²) >= 11 is 0. The number of benzene rings is 2. The minimum atomic E-state index is -2.08. The van der Waals surface area contributed by atoms with Gasteiger partial charge in [0.1, 0.15) is 35.0 Å². The zero-order valence-electron chi connectivity index (χ0n) is 18.2. The molecule has 0 aliphatic carbocycles. The van der Waals surface area contributed by atoms with Crippen LogP contribution in [-0.2, 0) is 9.53 Å². The third kappa shape index (κ3) is 4.62. The van der Waals surface area contributed by atoms with Crippen LogP contribution in [0.4, 0.5) is 0 Å². The van der Waals surface area contributed by atoms with Crippen LogP contribution >= 0.6 is 0 Å². The van der Waals surface area contributed by atoms with Crippen LogP contribution in [0.15, 0.2) is 33.5 Å². The maximum Gasteiger partial charge on any atom is 1.00 e. The number of aliphatic carboxylic acids is 1. The molecule has 8 N–H and O–H groups in total. The first-order valence-electron chi connectivity index (χ1n) is 9.76. The van der Waals surface area contributed by atoms with E-state index in [-0.39, 0.29) is 35.1 Å². The Balaban J connectivity index is 0.00000361. The molecule has 0 radical (unpaired) electrons. The Kier molecular flexibility index (Phi) is 7.61. The molecular weight excluding hydrogens is 499 g/mol. The smallest absolute Gasteiger partial charge is 0.872 e. The van der Waals surface area contributed by atoms with Gasteiger partial charge < -0.3 is 59.8 Å². The molecule has 0 unspecified atom stereocenters. The number of phenolic OH excluding ortho intramolecular Hbond substituents is 4. The number of aromatic hydroxyl groups is 4. The van der Waals surface area contributed by atoms with Crippen LogP contribution in [0.5, 0.6) is 34.5 Å². The summed E-state index contributed by atoms with van der Waals surface area (Å²) in [6.45, 7) is 0. The summed E-state index contributed by atoms with van der Waals surface area (Å²) in [6.07, 6.45) is -10.4. The number of hydrogen-bond donors (Lipinski definition) is 8. The molecule has 4 rings (SSSR count). The van der Waals surface area contributed by atoms with Crippen LogP contribution in [0.3, 0.4) is 0 Å². The fraction of sp³-hybridized carbons (Fsp3) is 0.238. The van der Waals surface area contributed by atoms with Crippen LogP contribution in [0.2, 0.25) is 0 Å². The first-order valence-corrected chi connectivity index (χ1v) is 9.76. The van der Waals surface area contributed by atoms with Crippen molar-refractivity contribution >= 4 is 16.9 Å². The van der Waals surface area contributed by atoms with Crippen molar-refractivity contribution in [2.45, 2.75) is 30.7 Å². The molecule has 186 valence electrons. The predicted octanol–water partition coefficient (Wildman–Crippen LogP) is -4.37. The van der Waals surface area contributed by atoms with Gasteiger partial charge in [0.15, 0.2) is 29.1 Å². The van der Waals surface area contributed by atoms with Gasteiger partial charge in [-0.05, 0) is 24.3 Å². The Labute approximate surface area is 221 Å². The van der Waals surface area contributed by atoms with E-state index < -0.39 is 93.3 Å². The van der Waals surface area contributed by atoms with E-state index in [9.17, 15) is 55.5 Å². The van der Waals surface area contributed by atoms with Crippen molar-refractivity contribution in [3.63, 3.8) is 0 Å². The Bertz CT molecular complexity index is 1360. The van der Waals surface area contributed by atoms with Gasteiger partial charge in [-0.3, -0.25) is 4.79 Å². The number of ether oxygens (including phenoxy) is 2. The molecule has 1 fully saturated rings. The maximum absolute atomic E-state index is 13.2. The number of hydrogen-bond acceptors (Lipinski definition) is 13. The maximum atomic E-state index is 13.2. The number of aliphatic hydroxyl groups is 3. The van der Waals surface area contributed by atoms with Crippen molar-refractivity contribution in [2.75, 3.05) is 0 Å². The van der Waals surface area contributed by atoms with Crippen molar-refractivity contribution in [1.29, 1.82) is 0 Å². The number of carbonyl (C=O) groups is 1. The van der Waals surface area contributed by atoms with Crippen LogP contribution in [0, 0.1) is 0 Å². The van der Waals surface area contributed by atoms with Crippen LogP contribution in [0.25, 0.3) is 22.3 Å². The fourth-order valence-corrected chi connectivity index (χ4v) is 3.56. The summed E-state index contributed by atoms with van der Waals surface area (Å²) in [4.78, 5) is 24.6. The van der Waals surface area contributed by atoms with E-state index in [1.165, 1.54) is 0 Å². The van der Waals surface area contributed by atoms with E-state index in [1.807, 2.05) is 0 Å². The van der Waals surface area contributed by atoms with E-state index in [2.05, 4.69) is 0 Å². The van der Waals surface area contributed by atoms with Crippen molar-refractivity contribution in [3.8, 4) is 45.8 Å². The molecule has 2 heterocycles. The van der Waals surface area contributed by atoms with Gasteiger partial charge in [0, 0.05) is 5.56 Å². The predicted molar refractivity (Wildman–Crippen MR) is 109 cm³/mol. The quantitative estimate of drug-likeness (QED) is 0.121. The van der Waals surface area contributed by atoms with Crippen LogP contribution < -0.4 is 44.8 Å². The van der Waals surface area contributed by atoms with E-state index >= 15 is 0 Å². The first kappa shape index (κ1) is 27.3. The Morgan fingerprint density at radius 3 is 2.11 bits per heavy atom. The molecule has 0 saturated carbocycles. The molecule has 0 amide bonds. The number of rotatable bonds is 4. The minimum absolute atomic E-state index is 0. The summed E-state index contributed by atoms with van der Waals surface area (Å²) in [6, 6.07) is 3.22. The van der Waals surface area contributed by atoms with Gasteiger partial charge in [0.2, 0.25) is 17.5 Å². The monoisotopic (exact) mass is 516 g/mol. The average molecular weight is 516 g/mol. The third-order valence-electron chi connectivity index (χ3n) is 5.29. The average Bonchev–Trinajstić information content (AvgIpc) is 2.77. The second-order valence-corrected chi connectivity index (χ2v) is 7.62. The molecule has 5 atom stereocenters. The van der Waals surface area contributed by atoms with Crippen molar-refractivity contribution in [2.24, 2.45) is 0 Å². The van der Waals surface area contributed by atoms with Gasteiger partial charge in [-0.25, -0.2) is 4.79 Å². The normalized spacial score (nSPS) is 23.7. The Hall–Kier alpha value is -3.24. The molecule has 1 aliphatic rings. The number of aliphatic hydroxyl groups excluding tert-OH is 3. The number of carboxylic acid groups (broad SMARTS) is 1. The molecule has 15 heteroatoms. The van der Waals surface area contributed by atoms with E-state index in [0.717, 1.165) is 18.2 Å². The zero-order chi connectivity index (χ0) is 25.8. The first-order chi connectivity index (χ1) is 16.4. The second kappa shape index (κ2) is 10.0. The molecule has 36 heavy (non-hydrogen) atoms. The molecular formula is C21H17NaO14. The molecule has 14 nitrogen and oxygen atoms in total. The van der Waals surface area contributed by atoms with Gasteiger partial charge in [0.05, 0.1) is 0 Å². The molecule has 1 saturated heterocycles. The molecule has 0 bridgehead atoms. The Morgan fingerprint density at radius 1 is 0.917 bits per heavy atom. The number of phenols is 4. The van der Waals surface area contributed by atoms with E-state index in [1.54, 1.807) is 0 Å². The largest absolute Gasteiger partial charge is 1.00 e. The summed E-state index contributed by atoms with van der Waals surface area (Å²) in [7, 11) is 0. The van der Waals surface area contributed by atoms with Gasteiger partial charge >= 0.3 is 35.5 Å². The third-order valence-corrected chi connectivity index (χ3v) is 5.29. The van der Waals surface area contributed by atoms with Gasteiger partial charge in [0.25, 0.3) is 0 Å². The molecule has 2 aromatic carbocycles. The summed E-state index contributed by atoms with van der Waals surface area (Å²) < 4.78 is 15.9. The van der Waals surface area contributed by atoms with Crippen LogP contribution in [-0.4, -0.2) is 77.5 Å². The topological polar surface area (TPSA) is 251 Å². The van der Waals surface area contributed by atoms with Gasteiger partial charge in [-0.15, -0.1) is 5.75 Å². The summed E-state index contributed by atoms with van der Waals surface area (Å²) in [5.41, 5.74) is -1.91. The van der Waals surface area contributed by atoms with Crippen molar-refractivity contribution in [1.82, 2.24) is 0 Å². The number of fused-ring (bicyclic) bond motifs is 1. The SMILES string of the molecule is O=C(O)[C@H]1O[C@@H](Oc2c(-c3cc(O)c(O)c(O)c3)oc3cc([O-])cc(O)c3c2=O)[C@H](O)[C@@H](O)[C@@H]1O.[Na+]. The Morgan fingerprint density at radius 2 is 1.53 bits per heavy atom. The van der Waals surface area contributed by atoms with Crippen LogP contribution in [0.1, 0.15) is 0 Å².